The van der Waals surface area contributed by atoms with Crippen LogP contribution in [0.3, 0.4) is 0 Å². The van der Waals surface area contributed by atoms with Gasteiger partial charge in [0.25, 0.3) is 0 Å². The van der Waals surface area contributed by atoms with Crippen LogP contribution < -0.4 is 0 Å². The van der Waals surface area contributed by atoms with Gasteiger partial charge in [0, 0.05) is 6.54 Å². The first-order chi connectivity index (χ1) is 9.13. The quantitative estimate of drug-likeness (QED) is 0.824. The molecule has 0 amide bonds. The number of benzene rings is 2. The molecule has 4 nitrogen and oxygen atoms in total. The Balaban J connectivity index is 2.28. The summed E-state index contributed by atoms with van der Waals surface area (Å²) in [5.41, 5.74) is 0.924. The van der Waals surface area contributed by atoms with Crippen molar-refractivity contribution in [3.8, 4) is 0 Å². The molecule has 2 rings (SSSR count). The van der Waals surface area contributed by atoms with Crippen LogP contribution in [0.1, 0.15) is 5.56 Å². The number of carboxylic acids is 1. The number of aliphatic hydroxyl groups is 1. The summed E-state index contributed by atoms with van der Waals surface area (Å²) in [6.07, 6.45) is 0. The molecular weight excluding hydrogens is 266 g/mol. The maximum Gasteiger partial charge on any atom is 0.324 e. The van der Waals surface area contributed by atoms with E-state index < -0.39 is 18.6 Å². The lowest BCUT2D eigenvalue weighted by Crippen LogP contribution is -2.37. The SMILES string of the molecule is O=C(O)C(CO)N(Cl)Cc1cccc2ccccc12. The summed E-state index contributed by atoms with van der Waals surface area (Å²) in [4.78, 5) is 10.9. The van der Waals surface area contributed by atoms with Crippen molar-refractivity contribution in [3.63, 3.8) is 0 Å². The fourth-order valence-electron chi connectivity index (χ4n) is 1.99. The van der Waals surface area contributed by atoms with Gasteiger partial charge in [0.15, 0.2) is 0 Å². The molecule has 0 bridgehead atoms. The van der Waals surface area contributed by atoms with Crippen molar-refractivity contribution in [1.29, 1.82) is 0 Å². The van der Waals surface area contributed by atoms with Crippen molar-refractivity contribution in [1.82, 2.24) is 4.42 Å². The van der Waals surface area contributed by atoms with E-state index in [4.69, 9.17) is 22.0 Å². The second-order valence-corrected chi connectivity index (χ2v) is 4.67. The van der Waals surface area contributed by atoms with Crippen LogP contribution in [0.25, 0.3) is 10.8 Å². The highest BCUT2D eigenvalue weighted by atomic mass is 35.5. The zero-order valence-electron chi connectivity index (χ0n) is 10.2. The molecule has 0 aliphatic carbocycles. The van der Waals surface area contributed by atoms with Crippen LogP contribution in [-0.4, -0.2) is 33.3 Å². The number of fused-ring (bicyclic) bond motifs is 1. The lowest BCUT2D eigenvalue weighted by molar-refractivity contribution is -0.142. The van der Waals surface area contributed by atoms with Crippen LogP contribution in [0.5, 0.6) is 0 Å². The topological polar surface area (TPSA) is 60.8 Å². The molecule has 0 heterocycles. The molecule has 0 aliphatic rings. The Labute approximate surface area is 115 Å². The molecule has 2 aromatic carbocycles. The Morgan fingerprint density at radius 3 is 2.58 bits per heavy atom. The van der Waals surface area contributed by atoms with Crippen molar-refractivity contribution in [2.75, 3.05) is 6.61 Å². The number of aliphatic carboxylic acids is 1. The molecule has 0 aromatic heterocycles. The van der Waals surface area contributed by atoms with Gasteiger partial charge in [0.05, 0.1) is 6.61 Å². The normalized spacial score (nSPS) is 12.8. The first-order valence-electron chi connectivity index (χ1n) is 5.86. The summed E-state index contributed by atoms with van der Waals surface area (Å²) in [6.45, 7) is -0.274. The number of nitrogens with zero attached hydrogens (tertiary/aromatic N) is 1. The number of halogens is 1. The largest absolute Gasteiger partial charge is 0.480 e. The minimum atomic E-state index is -1.14. The third-order valence-electron chi connectivity index (χ3n) is 3.00. The Bertz CT molecular complexity index is 582. The summed E-state index contributed by atoms with van der Waals surface area (Å²) in [7, 11) is 0. The van der Waals surface area contributed by atoms with Gasteiger partial charge in [-0.2, -0.15) is 4.42 Å². The second-order valence-electron chi connectivity index (χ2n) is 4.23. The second kappa shape index (κ2) is 6.02. The van der Waals surface area contributed by atoms with Crippen molar-refractivity contribution in [2.24, 2.45) is 0 Å². The lowest BCUT2D eigenvalue weighted by atomic mass is 10.0. The summed E-state index contributed by atoms with van der Waals surface area (Å²) < 4.78 is 1.12. The van der Waals surface area contributed by atoms with E-state index in [9.17, 15) is 4.79 Å². The molecule has 0 fully saturated rings. The van der Waals surface area contributed by atoms with Crippen molar-refractivity contribution >= 4 is 28.5 Å². The highest BCUT2D eigenvalue weighted by molar-refractivity contribution is 6.14. The maximum atomic E-state index is 10.9. The van der Waals surface area contributed by atoms with Gasteiger partial charge in [0.2, 0.25) is 0 Å². The minimum absolute atomic E-state index is 0.250. The highest BCUT2D eigenvalue weighted by Crippen LogP contribution is 2.21. The van der Waals surface area contributed by atoms with Crippen LogP contribution in [-0.2, 0) is 11.3 Å². The Morgan fingerprint density at radius 1 is 1.21 bits per heavy atom. The first-order valence-corrected chi connectivity index (χ1v) is 6.20. The fraction of sp³-hybridized carbons (Fsp3) is 0.214. The maximum absolute atomic E-state index is 10.9. The molecule has 1 unspecified atom stereocenters. The number of carbonyl (C=O) groups is 1. The van der Waals surface area contributed by atoms with Gasteiger partial charge in [-0.15, -0.1) is 0 Å². The zero-order chi connectivity index (χ0) is 13.8. The predicted octanol–water partition coefficient (Wildman–Crippen LogP) is 2.24. The van der Waals surface area contributed by atoms with E-state index >= 15 is 0 Å². The van der Waals surface area contributed by atoms with E-state index in [1.54, 1.807) is 0 Å². The molecule has 1 atom stereocenters. The summed E-state index contributed by atoms with van der Waals surface area (Å²) >= 11 is 5.97. The van der Waals surface area contributed by atoms with Gasteiger partial charge in [0.1, 0.15) is 6.04 Å². The van der Waals surface area contributed by atoms with E-state index in [1.165, 1.54) is 0 Å². The Morgan fingerprint density at radius 2 is 1.89 bits per heavy atom. The van der Waals surface area contributed by atoms with Crippen LogP contribution >= 0.6 is 11.8 Å². The Hall–Kier alpha value is -1.62. The average molecular weight is 280 g/mol. The molecule has 0 aliphatic heterocycles. The molecule has 2 aromatic rings. The molecular formula is C14H14ClNO3. The highest BCUT2D eigenvalue weighted by Gasteiger charge is 2.23. The van der Waals surface area contributed by atoms with Crippen LogP contribution in [0.2, 0.25) is 0 Å². The number of rotatable bonds is 5. The van der Waals surface area contributed by atoms with Crippen LogP contribution in [0, 0.1) is 0 Å². The van der Waals surface area contributed by atoms with E-state index in [0.717, 1.165) is 20.8 Å². The molecule has 0 radical (unpaired) electrons. The Kier molecular flexibility index (Phi) is 4.37. The molecule has 0 saturated carbocycles. The van der Waals surface area contributed by atoms with Crippen LogP contribution in [0.15, 0.2) is 42.5 Å². The zero-order valence-corrected chi connectivity index (χ0v) is 10.9. The molecule has 0 spiro atoms. The standard InChI is InChI=1S/C14H14ClNO3/c15-16(13(9-17)14(18)19)8-11-6-3-5-10-4-1-2-7-12(10)11/h1-7,13,17H,8-9H2,(H,18,19). The number of hydrogen-bond acceptors (Lipinski definition) is 3. The summed E-state index contributed by atoms with van der Waals surface area (Å²) in [5, 5.41) is 20.1. The smallest absolute Gasteiger partial charge is 0.324 e. The van der Waals surface area contributed by atoms with Gasteiger partial charge in [-0.25, -0.2) is 0 Å². The third-order valence-corrected chi connectivity index (χ3v) is 3.35. The van der Waals surface area contributed by atoms with Crippen LogP contribution in [0.4, 0.5) is 0 Å². The van der Waals surface area contributed by atoms with Gasteiger partial charge < -0.3 is 10.2 Å². The lowest BCUT2D eigenvalue weighted by Gasteiger charge is -2.20. The van der Waals surface area contributed by atoms with Crippen molar-refractivity contribution < 1.29 is 15.0 Å². The molecule has 100 valence electrons. The minimum Gasteiger partial charge on any atom is -0.480 e. The molecule has 2 N–H and O–H groups in total. The molecule has 0 saturated heterocycles. The van der Waals surface area contributed by atoms with Crippen molar-refractivity contribution in [2.45, 2.75) is 12.6 Å². The number of aliphatic hydroxyl groups excluding tert-OH is 1. The van der Waals surface area contributed by atoms with Gasteiger partial charge in [-0.05, 0) is 28.1 Å². The number of carboxylic acid groups (broad SMARTS) is 1. The summed E-state index contributed by atoms with van der Waals surface area (Å²) in [5.74, 6) is -1.14. The third kappa shape index (κ3) is 3.04. The van der Waals surface area contributed by atoms with Crippen molar-refractivity contribution in [3.05, 3.63) is 48.0 Å². The number of hydrogen-bond donors (Lipinski definition) is 2. The monoisotopic (exact) mass is 279 g/mol. The average Bonchev–Trinajstić information content (AvgIpc) is 2.39. The predicted molar refractivity (Wildman–Crippen MR) is 73.9 cm³/mol. The summed E-state index contributed by atoms with van der Waals surface area (Å²) in [6, 6.07) is 12.5. The molecule has 19 heavy (non-hydrogen) atoms. The van der Waals surface area contributed by atoms with E-state index in [-0.39, 0.29) is 6.54 Å². The van der Waals surface area contributed by atoms with Gasteiger partial charge in [-0.3, -0.25) is 4.79 Å². The van der Waals surface area contributed by atoms with E-state index in [0.29, 0.717) is 0 Å². The van der Waals surface area contributed by atoms with E-state index in [2.05, 4.69) is 0 Å². The van der Waals surface area contributed by atoms with E-state index in [1.807, 2.05) is 42.5 Å². The molecule has 5 heteroatoms. The first kappa shape index (κ1) is 13.8. The fourth-order valence-corrected chi connectivity index (χ4v) is 2.26. The van der Waals surface area contributed by atoms with Gasteiger partial charge in [-0.1, -0.05) is 42.5 Å². The van der Waals surface area contributed by atoms with Gasteiger partial charge >= 0.3 is 5.97 Å².